The molecule has 0 aliphatic carbocycles. The highest BCUT2D eigenvalue weighted by molar-refractivity contribution is 6.23. The van der Waals surface area contributed by atoms with Gasteiger partial charge in [-0.25, -0.2) is 14.2 Å². The number of carbonyl (C=O) groups is 3. The zero-order chi connectivity index (χ0) is 19.9. The van der Waals surface area contributed by atoms with Crippen molar-refractivity contribution in [3.05, 3.63) is 0 Å². The molecular weight excluding hydrogens is 352 g/mol. The van der Waals surface area contributed by atoms with Crippen LogP contribution < -0.4 is 0 Å². The van der Waals surface area contributed by atoms with Gasteiger partial charge in [-0.15, -0.1) is 10.1 Å². The van der Waals surface area contributed by atoms with E-state index in [0.717, 1.165) is 5.71 Å². The number of ether oxygens (including phenoxy) is 1. The third kappa shape index (κ3) is 3.31. The molecule has 3 amide bonds. The van der Waals surface area contributed by atoms with Crippen LogP contribution in [0.4, 0.5) is 4.79 Å². The maximum absolute atomic E-state index is 13.1. The number of likely N-dealkylation sites (N-methyl/N-ethyl adjacent to an activating group) is 1. The minimum atomic E-state index is -0.698. The fourth-order valence-electron chi connectivity index (χ4n) is 3.37. The van der Waals surface area contributed by atoms with Crippen LogP contribution in [0.5, 0.6) is 0 Å². The van der Waals surface area contributed by atoms with E-state index in [-0.39, 0.29) is 25.0 Å². The number of carbonyl (C=O) groups excluding carboxylic acids is 3. The number of hydrazone groups is 1. The number of aliphatic imine (C=N–C) groups is 1. The van der Waals surface area contributed by atoms with Crippen LogP contribution in [0.2, 0.25) is 0 Å². The second-order valence-corrected chi connectivity index (χ2v) is 7.18. The molecule has 0 aromatic heterocycles. The van der Waals surface area contributed by atoms with Gasteiger partial charge in [-0.1, -0.05) is 18.8 Å². The molecule has 146 valence electrons. The van der Waals surface area contributed by atoms with Gasteiger partial charge in [0.1, 0.15) is 6.54 Å². The van der Waals surface area contributed by atoms with Gasteiger partial charge in [0.05, 0.1) is 12.3 Å². The van der Waals surface area contributed by atoms with Crippen molar-refractivity contribution in [1.82, 2.24) is 14.8 Å². The smallest absolute Gasteiger partial charge is 0.417 e. The highest BCUT2D eigenvalue weighted by Crippen LogP contribution is 2.23. The van der Waals surface area contributed by atoms with E-state index in [4.69, 9.17) is 4.74 Å². The van der Waals surface area contributed by atoms with Gasteiger partial charge >= 0.3 is 18.0 Å². The van der Waals surface area contributed by atoms with Crippen molar-refractivity contribution in [1.29, 1.82) is 0 Å². The molecule has 0 spiro atoms. The third-order valence-electron chi connectivity index (χ3n) is 4.44. The number of amidine groups is 1. The third-order valence-corrected chi connectivity index (χ3v) is 4.44. The number of fused-ring (bicyclic) bond motifs is 2. The molecule has 0 radical (unpaired) electrons. The predicted molar refractivity (Wildman–Crippen MR) is 97.5 cm³/mol. The molecule has 3 rings (SSSR count). The Morgan fingerprint density at radius 1 is 1.37 bits per heavy atom. The van der Waals surface area contributed by atoms with Crippen LogP contribution in [-0.2, 0) is 14.3 Å². The molecule has 3 aliphatic rings. The molecule has 1 fully saturated rings. The van der Waals surface area contributed by atoms with Gasteiger partial charge in [-0.05, 0) is 19.8 Å². The largest absolute Gasteiger partial charge is 0.464 e. The average molecular weight is 377 g/mol. The van der Waals surface area contributed by atoms with E-state index in [9.17, 15) is 14.4 Å². The van der Waals surface area contributed by atoms with Crippen molar-refractivity contribution in [3.63, 3.8) is 0 Å². The molecule has 10 nitrogen and oxygen atoms in total. The molecule has 0 bridgehead atoms. The van der Waals surface area contributed by atoms with Crippen molar-refractivity contribution < 1.29 is 23.7 Å². The molecule has 3 aliphatic heterocycles. The van der Waals surface area contributed by atoms with E-state index < -0.39 is 18.0 Å². The van der Waals surface area contributed by atoms with Gasteiger partial charge in [0, 0.05) is 13.6 Å². The van der Waals surface area contributed by atoms with E-state index in [1.807, 2.05) is 20.8 Å². The van der Waals surface area contributed by atoms with Crippen LogP contribution in [0.25, 0.3) is 0 Å². The standard InChI is InChI=1S/C17H25N6O4/c1-6-27-12(24)9-23-16-18-14-13(21(16)8-11(4)19-23)15(25)22(7-10(2)3)17(26)20(14)5/h10,13H,6-9H2,1-5H3/q+1. The number of hydrogen-bond acceptors (Lipinski definition) is 7. The number of urea groups is 1. The number of nitrogens with zero attached hydrogens (tertiary/aromatic N) is 6. The van der Waals surface area contributed by atoms with Crippen LogP contribution in [0.1, 0.15) is 27.7 Å². The summed E-state index contributed by atoms with van der Waals surface area (Å²) in [7, 11) is 1.61. The first kappa shape index (κ1) is 19.0. The van der Waals surface area contributed by atoms with Crippen LogP contribution >= 0.6 is 0 Å². The molecule has 0 aromatic rings. The highest BCUT2D eigenvalue weighted by atomic mass is 16.5. The van der Waals surface area contributed by atoms with Gasteiger partial charge in [0.25, 0.3) is 5.91 Å². The summed E-state index contributed by atoms with van der Waals surface area (Å²) >= 11 is 0. The van der Waals surface area contributed by atoms with E-state index >= 15 is 0 Å². The summed E-state index contributed by atoms with van der Waals surface area (Å²) < 4.78 is 6.78. The maximum Gasteiger partial charge on any atom is 0.417 e. The highest BCUT2D eigenvalue weighted by Gasteiger charge is 2.54. The van der Waals surface area contributed by atoms with Crippen molar-refractivity contribution in [2.75, 3.05) is 33.3 Å². The first-order valence-corrected chi connectivity index (χ1v) is 9.03. The van der Waals surface area contributed by atoms with Crippen LogP contribution in [-0.4, -0.2) is 94.1 Å². The van der Waals surface area contributed by atoms with Gasteiger partial charge in [-0.3, -0.25) is 14.6 Å². The van der Waals surface area contributed by atoms with E-state index in [1.165, 1.54) is 14.8 Å². The second kappa shape index (κ2) is 7.09. The summed E-state index contributed by atoms with van der Waals surface area (Å²) in [4.78, 5) is 44.8. The summed E-state index contributed by atoms with van der Waals surface area (Å²) in [6.07, 6.45) is 0. The lowest BCUT2D eigenvalue weighted by Crippen LogP contribution is -2.63. The molecule has 0 saturated carbocycles. The Kier molecular flexibility index (Phi) is 4.99. The Morgan fingerprint density at radius 3 is 2.70 bits per heavy atom. The number of esters is 1. The normalized spacial score (nSPS) is 22.1. The quantitative estimate of drug-likeness (QED) is 0.494. The minimum Gasteiger partial charge on any atom is -0.464 e. The zero-order valence-electron chi connectivity index (χ0n) is 16.3. The van der Waals surface area contributed by atoms with Crippen LogP contribution in [0, 0.1) is 5.92 Å². The van der Waals surface area contributed by atoms with Crippen LogP contribution in [0.3, 0.4) is 0 Å². The predicted octanol–water partition coefficient (Wildman–Crippen LogP) is -0.0598. The molecule has 0 N–H and O–H groups in total. The lowest BCUT2D eigenvalue weighted by Gasteiger charge is -2.35. The fraction of sp³-hybridized carbons (Fsp3) is 0.647. The monoisotopic (exact) mass is 377 g/mol. The molecule has 0 aromatic carbocycles. The number of guanidine groups is 1. The average Bonchev–Trinajstić information content (AvgIpc) is 2.96. The molecule has 27 heavy (non-hydrogen) atoms. The van der Waals surface area contributed by atoms with Gasteiger partial charge in [-0.2, -0.15) is 0 Å². The fourth-order valence-corrected chi connectivity index (χ4v) is 3.37. The van der Waals surface area contributed by atoms with Crippen molar-refractivity contribution in [3.8, 4) is 0 Å². The van der Waals surface area contributed by atoms with Crippen molar-refractivity contribution in [2.45, 2.75) is 33.7 Å². The number of amides is 3. The first-order chi connectivity index (χ1) is 12.7. The molecule has 3 heterocycles. The minimum absolute atomic E-state index is 0.109. The second-order valence-electron chi connectivity index (χ2n) is 7.18. The Morgan fingerprint density at radius 2 is 2.07 bits per heavy atom. The number of imide groups is 1. The van der Waals surface area contributed by atoms with Gasteiger partial charge in [0.15, 0.2) is 6.54 Å². The molecular formula is C17H25N6O4+. The van der Waals surface area contributed by atoms with E-state index in [0.29, 0.717) is 24.9 Å². The number of rotatable bonds is 5. The van der Waals surface area contributed by atoms with Gasteiger partial charge < -0.3 is 4.74 Å². The number of hydrogen-bond donors (Lipinski definition) is 0. The lowest BCUT2D eigenvalue weighted by molar-refractivity contribution is -0.527. The lowest BCUT2D eigenvalue weighted by atomic mass is 10.1. The molecule has 1 unspecified atom stereocenters. The van der Waals surface area contributed by atoms with Gasteiger partial charge in [0.2, 0.25) is 11.9 Å². The first-order valence-electron chi connectivity index (χ1n) is 9.03. The topological polar surface area (TPSA) is 97.9 Å². The SMILES string of the molecule is CCOC(=O)CN1N=C(C)C[N+]2=C1N=C1C2C(=O)N(CC(C)C)C(=O)N1C. The summed E-state index contributed by atoms with van der Waals surface area (Å²) in [5.41, 5.74) is 0.738. The van der Waals surface area contributed by atoms with Crippen molar-refractivity contribution >= 4 is 35.4 Å². The molecule has 1 atom stereocenters. The summed E-state index contributed by atoms with van der Waals surface area (Å²) in [6, 6.07) is -1.09. The Labute approximate surface area is 157 Å². The molecule has 10 heteroatoms. The maximum atomic E-state index is 13.1. The summed E-state index contributed by atoms with van der Waals surface area (Å²) in [5.74, 6) is 0.161. The summed E-state index contributed by atoms with van der Waals surface area (Å²) in [5, 5.41) is 5.81. The molecule has 1 saturated heterocycles. The van der Waals surface area contributed by atoms with Crippen molar-refractivity contribution in [2.24, 2.45) is 16.0 Å². The summed E-state index contributed by atoms with van der Waals surface area (Å²) in [6.45, 7) is 8.36. The van der Waals surface area contributed by atoms with Crippen LogP contribution in [0.15, 0.2) is 10.1 Å². The van der Waals surface area contributed by atoms with E-state index in [1.54, 1.807) is 18.5 Å². The Hall–Kier alpha value is -2.78. The Balaban J connectivity index is 1.95. The van der Waals surface area contributed by atoms with E-state index in [2.05, 4.69) is 10.1 Å². The zero-order valence-corrected chi connectivity index (χ0v) is 16.3. The Bertz CT molecular complexity index is 784.